The molecule has 0 aliphatic rings. The van der Waals surface area contributed by atoms with E-state index < -0.39 is 6.10 Å². The molecule has 0 saturated carbocycles. The Morgan fingerprint density at radius 2 is 1.46 bits per heavy atom. The van der Waals surface area contributed by atoms with Crippen molar-refractivity contribution in [3.63, 3.8) is 0 Å². The van der Waals surface area contributed by atoms with Gasteiger partial charge in [0.25, 0.3) is 0 Å². The number of aliphatic hydroxyl groups excluding tert-OH is 1. The van der Waals surface area contributed by atoms with Crippen LogP contribution in [-0.2, 0) is 17.6 Å². The predicted molar refractivity (Wildman–Crippen MR) is 109 cm³/mol. The van der Waals surface area contributed by atoms with Crippen LogP contribution in [0.25, 0.3) is 0 Å². The largest absolute Gasteiger partial charge is 0.467 e. The lowest BCUT2D eigenvalue weighted by molar-refractivity contribution is 0.0503. The predicted octanol–water partition coefficient (Wildman–Crippen LogP) is 4.05. The first-order valence-corrected chi connectivity index (χ1v) is 9.24. The van der Waals surface area contributed by atoms with E-state index in [1.807, 2.05) is 48.5 Å². The van der Waals surface area contributed by atoms with Crippen molar-refractivity contribution in [2.24, 2.45) is 0 Å². The summed E-state index contributed by atoms with van der Waals surface area (Å²) in [5.74, 6) is 0.389. The van der Waals surface area contributed by atoms with E-state index in [1.165, 1.54) is 7.11 Å². The number of para-hydroxylation sites is 1. The lowest BCUT2D eigenvalue weighted by Gasteiger charge is -2.12. The molecule has 144 valence electrons. The highest BCUT2D eigenvalue weighted by Gasteiger charge is 2.15. The topological polar surface area (TPSA) is 55.8 Å². The smallest absolute Gasteiger partial charge is 0.196 e. The van der Waals surface area contributed by atoms with E-state index >= 15 is 0 Å². The lowest BCUT2D eigenvalue weighted by Crippen LogP contribution is -2.14. The summed E-state index contributed by atoms with van der Waals surface area (Å²) in [5, 5.41) is 10.3. The summed E-state index contributed by atoms with van der Waals surface area (Å²) in [6, 6.07) is 24.4. The van der Waals surface area contributed by atoms with Crippen molar-refractivity contribution in [1.29, 1.82) is 0 Å². The Morgan fingerprint density at radius 1 is 0.857 bits per heavy atom. The first kappa shape index (κ1) is 19.8. The summed E-state index contributed by atoms with van der Waals surface area (Å²) < 4.78 is 10.4. The molecule has 0 fully saturated rings. The third-order valence-electron chi connectivity index (χ3n) is 4.47. The maximum atomic E-state index is 12.8. The van der Waals surface area contributed by atoms with Crippen molar-refractivity contribution in [3.05, 3.63) is 101 Å². The van der Waals surface area contributed by atoms with Gasteiger partial charge in [0.1, 0.15) is 5.75 Å². The van der Waals surface area contributed by atoms with Crippen LogP contribution >= 0.6 is 0 Å². The Morgan fingerprint density at radius 3 is 2.14 bits per heavy atom. The van der Waals surface area contributed by atoms with Gasteiger partial charge in [-0.05, 0) is 36.1 Å². The minimum absolute atomic E-state index is 0.0858. The molecule has 0 aliphatic heterocycles. The highest BCUT2D eigenvalue weighted by molar-refractivity contribution is 6.10. The molecular weight excluding hydrogens is 352 g/mol. The molecule has 1 unspecified atom stereocenters. The summed E-state index contributed by atoms with van der Waals surface area (Å²) in [7, 11) is 1.54. The molecule has 4 nitrogen and oxygen atoms in total. The van der Waals surface area contributed by atoms with Crippen molar-refractivity contribution in [2.75, 3.05) is 13.9 Å². The van der Waals surface area contributed by atoms with Crippen LogP contribution in [0.2, 0.25) is 0 Å². The second-order valence-corrected chi connectivity index (χ2v) is 6.62. The highest BCUT2D eigenvalue weighted by Crippen LogP contribution is 2.22. The van der Waals surface area contributed by atoms with Gasteiger partial charge in [0.2, 0.25) is 0 Å². The van der Waals surface area contributed by atoms with Gasteiger partial charge in [-0.3, -0.25) is 4.79 Å². The molecule has 0 bridgehead atoms. The van der Waals surface area contributed by atoms with Gasteiger partial charge in [0, 0.05) is 12.7 Å². The Bertz CT molecular complexity index is 888. The molecule has 0 saturated heterocycles. The molecule has 1 atom stereocenters. The molecule has 28 heavy (non-hydrogen) atoms. The fourth-order valence-corrected chi connectivity index (χ4v) is 3.08. The molecule has 0 heterocycles. The average Bonchev–Trinajstić information content (AvgIpc) is 2.73. The van der Waals surface area contributed by atoms with Gasteiger partial charge in [-0.25, -0.2) is 0 Å². The Labute approximate surface area is 165 Å². The van der Waals surface area contributed by atoms with E-state index in [4.69, 9.17) is 9.47 Å². The van der Waals surface area contributed by atoms with Crippen LogP contribution in [0.3, 0.4) is 0 Å². The van der Waals surface area contributed by atoms with Gasteiger partial charge in [-0.1, -0.05) is 66.7 Å². The van der Waals surface area contributed by atoms with Crippen molar-refractivity contribution in [3.8, 4) is 5.75 Å². The normalized spacial score (nSPS) is 11.8. The van der Waals surface area contributed by atoms with Crippen molar-refractivity contribution < 1.29 is 19.4 Å². The van der Waals surface area contributed by atoms with Gasteiger partial charge in [-0.15, -0.1) is 0 Å². The quantitative estimate of drug-likeness (QED) is 0.452. The fourth-order valence-electron chi connectivity index (χ4n) is 3.08. The van der Waals surface area contributed by atoms with Crippen molar-refractivity contribution in [2.45, 2.75) is 18.9 Å². The number of carbonyl (C=O) groups is 1. The maximum Gasteiger partial charge on any atom is 0.196 e. The van der Waals surface area contributed by atoms with Crippen LogP contribution in [0.1, 0.15) is 27.0 Å². The van der Waals surface area contributed by atoms with Crippen molar-refractivity contribution in [1.82, 2.24) is 0 Å². The zero-order valence-electron chi connectivity index (χ0n) is 15.9. The summed E-state index contributed by atoms with van der Waals surface area (Å²) in [6.45, 7) is 0.0858. The van der Waals surface area contributed by atoms with E-state index in [0.29, 0.717) is 29.7 Å². The van der Waals surface area contributed by atoms with E-state index in [0.717, 1.165) is 11.1 Å². The molecule has 3 aromatic rings. The number of hydrogen-bond donors (Lipinski definition) is 1. The molecule has 0 aliphatic carbocycles. The van der Waals surface area contributed by atoms with Gasteiger partial charge in [0.05, 0.1) is 11.7 Å². The molecule has 4 heteroatoms. The van der Waals surface area contributed by atoms with Gasteiger partial charge >= 0.3 is 0 Å². The van der Waals surface area contributed by atoms with E-state index in [1.54, 1.807) is 30.3 Å². The fraction of sp³-hybridized carbons (Fsp3) is 0.208. The molecule has 1 N–H and O–H groups in total. The Balaban J connectivity index is 1.66. The van der Waals surface area contributed by atoms with Crippen LogP contribution in [-0.4, -0.2) is 30.9 Å². The molecule has 3 rings (SSSR count). The number of rotatable bonds is 9. The standard InChI is InChI=1S/C24H24O4/c1-27-17-28-23-10-6-5-9-22(23)24(26)20-13-11-19(12-14-20)16-21(25)15-18-7-3-2-4-8-18/h2-14,21,25H,15-17H2,1H3. The van der Waals surface area contributed by atoms with Crippen LogP contribution in [0, 0.1) is 0 Å². The lowest BCUT2D eigenvalue weighted by atomic mass is 9.98. The average molecular weight is 376 g/mol. The minimum atomic E-state index is -0.466. The minimum Gasteiger partial charge on any atom is -0.467 e. The molecule has 0 spiro atoms. The molecular formula is C24H24O4. The number of methoxy groups -OCH3 is 1. The van der Waals surface area contributed by atoms with E-state index in [9.17, 15) is 9.90 Å². The Kier molecular flexibility index (Phi) is 6.95. The number of hydrogen-bond acceptors (Lipinski definition) is 4. The van der Waals surface area contributed by atoms with Crippen LogP contribution in [0.15, 0.2) is 78.9 Å². The number of ketones is 1. The maximum absolute atomic E-state index is 12.8. The first-order valence-electron chi connectivity index (χ1n) is 9.24. The zero-order valence-corrected chi connectivity index (χ0v) is 15.9. The SMILES string of the molecule is COCOc1ccccc1C(=O)c1ccc(CC(O)Cc2ccccc2)cc1. The highest BCUT2D eigenvalue weighted by atomic mass is 16.7. The summed E-state index contributed by atoms with van der Waals surface area (Å²) in [5.41, 5.74) is 3.17. The zero-order chi connectivity index (χ0) is 19.8. The second-order valence-electron chi connectivity index (χ2n) is 6.62. The summed E-state index contributed by atoms with van der Waals surface area (Å²) in [6.07, 6.45) is 0.676. The molecule has 0 amide bonds. The number of carbonyl (C=O) groups excluding carboxylic acids is 1. The van der Waals surface area contributed by atoms with E-state index in [2.05, 4.69) is 0 Å². The van der Waals surface area contributed by atoms with Crippen LogP contribution in [0.4, 0.5) is 0 Å². The molecule has 0 radical (unpaired) electrons. The van der Waals surface area contributed by atoms with Gasteiger partial charge in [-0.2, -0.15) is 0 Å². The summed E-state index contributed by atoms with van der Waals surface area (Å²) in [4.78, 5) is 12.8. The monoisotopic (exact) mass is 376 g/mol. The second kappa shape index (κ2) is 9.83. The Hall–Kier alpha value is -2.95. The third-order valence-corrected chi connectivity index (χ3v) is 4.47. The third kappa shape index (κ3) is 5.28. The first-order chi connectivity index (χ1) is 13.7. The summed E-state index contributed by atoms with van der Waals surface area (Å²) >= 11 is 0. The van der Waals surface area contributed by atoms with Crippen molar-refractivity contribution >= 4 is 5.78 Å². The van der Waals surface area contributed by atoms with Crippen LogP contribution in [0.5, 0.6) is 5.75 Å². The van der Waals surface area contributed by atoms with E-state index in [-0.39, 0.29) is 12.6 Å². The number of benzene rings is 3. The van der Waals surface area contributed by atoms with Gasteiger partial charge in [0.15, 0.2) is 12.6 Å². The molecule has 0 aromatic heterocycles. The number of aliphatic hydroxyl groups is 1. The van der Waals surface area contributed by atoms with Crippen LogP contribution < -0.4 is 4.74 Å². The number of ether oxygens (including phenoxy) is 2. The molecule has 3 aromatic carbocycles. The van der Waals surface area contributed by atoms with Gasteiger partial charge < -0.3 is 14.6 Å².